The molecule has 2 heterocycles. The summed E-state index contributed by atoms with van der Waals surface area (Å²) in [5.74, 6) is 0.954. The van der Waals surface area contributed by atoms with Crippen LogP contribution in [0.25, 0.3) is 0 Å². The summed E-state index contributed by atoms with van der Waals surface area (Å²) >= 11 is 6.29. The van der Waals surface area contributed by atoms with Gasteiger partial charge in [0, 0.05) is 18.8 Å². The van der Waals surface area contributed by atoms with Crippen LogP contribution in [0, 0.1) is 0 Å². The third-order valence-electron chi connectivity index (χ3n) is 4.74. The molecule has 0 saturated heterocycles. The highest BCUT2D eigenvalue weighted by Crippen LogP contribution is 2.27. The number of aromatic nitrogens is 2. The second-order valence-corrected chi connectivity index (χ2v) is 8.88. The minimum atomic E-state index is -1.46. The van der Waals surface area contributed by atoms with Gasteiger partial charge in [0.2, 0.25) is 5.95 Å². The van der Waals surface area contributed by atoms with Gasteiger partial charge in [-0.2, -0.15) is 4.98 Å². The maximum Gasteiger partial charge on any atom is 0.229 e. The Labute approximate surface area is 170 Å². The number of nitrogens with zero attached hydrogens (tertiary/aromatic N) is 3. The predicted molar refractivity (Wildman–Crippen MR) is 115 cm³/mol. The number of anilines is 3. The van der Waals surface area contributed by atoms with Crippen LogP contribution in [-0.4, -0.2) is 39.9 Å². The van der Waals surface area contributed by atoms with Crippen molar-refractivity contribution in [3.63, 3.8) is 0 Å². The molecular formula is C20H21ClN5OP. The van der Waals surface area contributed by atoms with Gasteiger partial charge in [-0.05, 0) is 36.4 Å². The van der Waals surface area contributed by atoms with Crippen LogP contribution >= 0.6 is 19.4 Å². The van der Waals surface area contributed by atoms with Crippen LogP contribution in [0.3, 0.4) is 0 Å². The van der Waals surface area contributed by atoms with Crippen molar-refractivity contribution in [1.82, 2.24) is 14.9 Å². The molecule has 0 saturated carbocycles. The van der Waals surface area contributed by atoms with Crippen LogP contribution in [0.4, 0.5) is 17.5 Å². The second-order valence-electron chi connectivity index (χ2n) is 6.96. The van der Waals surface area contributed by atoms with Crippen LogP contribution < -0.4 is 15.5 Å². The lowest BCUT2D eigenvalue weighted by atomic mass is 10.1. The van der Waals surface area contributed by atoms with Crippen molar-refractivity contribution in [1.29, 1.82) is 0 Å². The third-order valence-corrected chi connectivity index (χ3v) is 6.17. The molecule has 1 aromatic carbocycles. The summed E-state index contributed by atoms with van der Waals surface area (Å²) < 4.78 is 0. The SMILES string of the molecule is CN1Cc2ccc(Nc3ncc(Cl)c(NC4C=CC=CC4=[P+](C)[O-])n3)cc2C1. The van der Waals surface area contributed by atoms with Crippen LogP contribution in [0.15, 0.2) is 48.7 Å². The molecule has 1 aliphatic carbocycles. The largest absolute Gasteiger partial charge is 0.630 e. The molecule has 0 radical (unpaired) electrons. The van der Waals surface area contributed by atoms with Crippen LogP contribution in [0.1, 0.15) is 11.1 Å². The highest BCUT2D eigenvalue weighted by Gasteiger charge is 2.20. The molecule has 0 amide bonds. The van der Waals surface area contributed by atoms with Gasteiger partial charge in [0.05, 0.1) is 20.6 Å². The molecule has 144 valence electrons. The first-order chi connectivity index (χ1) is 13.5. The smallest absolute Gasteiger partial charge is 0.229 e. The molecule has 0 spiro atoms. The molecule has 1 aliphatic heterocycles. The standard InChI is InChI=1S/C20H21ClN5OP/c1-26-11-13-7-8-15(9-14(13)12-26)23-20-22-10-16(21)19(25-20)24-17-5-3-4-6-18(17)28(2)27/h3-10,17H,11-12H2,1-2H3,(H2,22,23,24,25). The number of halogens is 1. The van der Waals surface area contributed by atoms with Gasteiger partial charge in [-0.25, -0.2) is 4.98 Å². The van der Waals surface area contributed by atoms with Crippen molar-refractivity contribution < 1.29 is 4.89 Å². The summed E-state index contributed by atoms with van der Waals surface area (Å²) in [6, 6.07) is 6.08. The van der Waals surface area contributed by atoms with Crippen molar-refractivity contribution >= 4 is 42.1 Å². The lowest BCUT2D eigenvalue weighted by molar-refractivity contribution is -0.151. The first-order valence-corrected chi connectivity index (χ1v) is 11.1. The van der Waals surface area contributed by atoms with Gasteiger partial charge < -0.3 is 15.5 Å². The zero-order valence-corrected chi connectivity index (χ0v) is 17.3. The van der Waals surface area contributed by atoms with Crippen molar-refractivity contribution in [2.24, 2.45) is 0 Å². The van der Waals surface area contributed by atoms with Crippen molar-refractivity contribution in [3.8, 4) is 0 Å². The Morgan fingerprint density at radius 1 is 1.25 bits per heavy atom. The Kier molecular flexibility index (Phi) is 5.47. The number of hydrogen-bond donors (Lipinski definition) is 2. The van der Waals surface area contributed by atoms with Crippen LogP contribution in [0.5, 0.6) is 0 Å². The predicted octanol–water partition coefficient (Wildman–Crippen LogP) is 3.28. The molecule has 1 aromatic heterocycles. The number of fused-ring (bicyclic) bond motifs is 1. The van der Waals surface area contributed by atoms with E-state index in [1.54, 1.807) is 12.9 Å². The zero-order valence-electron chi connectivity index (χ0n) is 15.7. The Bertz CT molecular complexity index is 1000. The summed E-state index contributed by atoms with van der Waals surface area (Å²) in [4.78, 5) is 23.1. The molecule has 0 fully saturated rings. The van der Waals surface area contributed by atoms with E-state index in [-0.39, 0.29) is 6.04 Å². The van der Waals surface area contributed by atoms with Gasteiger partial charge in [-0.3, -0.25) is 4.90 Å². The normalized spacial score (nSPS) is 20.2. The molecule has 2 atom stereocenters. The number of allylic oxidation sites excluding steroid dienone is 2. The Morgan fingerprint density at radius 2 is 2.07 bits per heavy atom. The minimum absolute atomic E-state index is 0.214. The molecule has 4 rings (SSSR count). The first-order valence-electron chi connectivity index (χ1n) is 8.98. The maximum atomic E-state index is 12.0. The van der Waals surface area contributed by atoms with Crippen LogP contribution in [0.2, 0.25) is 5.02 Å². The molecule has 0 bridgehead atoms. The molecule has 2 aromatic rings. The summed E-state index contributed by atoms with van der Waals surface area (Å²) in [7, 11) is 0.651. The second kappa shape index (κ2) is 8.02. The molecular weight excluding hydrogens is 393 g/mol. The number of hydrogen-bond acceptors (Lipinski definition) is 6. The van der Waals surface area contributed by atoms with Gasteiger partial charge in [-0.15, -0.1) is 0 Å². The van der Waals surface area contributed by atoms with Crippen molar-refractivity contribution in [3.05, 3.63) is 64.8 Å². The lowest BCUT2D eigenvalue weighted by Gasteiger charge is -2.18. The molecule has 2 aliphatic rings. The monoisotopic (exact) mass is 413 g/mol. The molecule has 2 unspecified atom stereocenters. The van der Waals surface area contributed by atoms with E-state index in [1.165, 1.54) is 11.1 Å². The summed E-state index contributed by atoms with van der Waals surface area (Å²) in [5.41, 5.74) is 3.60. The number of rotatable bonds is 4. The molecule has 8 heteroatoms. The Balaban J connectivity index is 1.55. The highest BCUT2D eigenvalue weighted by molar-refractivity contribution is 7.51. The molecule has 2 N–H and O–H groups in total. The van der Waals surface area contributed by atoms with Gasteiger partial charge in [0.15, 0.2) is 5.82 Å². The van der Waals surface area contributed by atoms with Gasteiger partial charge in [0.25, 0.3) is 0 Å². The fourth-order valence-corrected chi connectivity index (χ4v) is 4.39. The third kappa shape index (κ3) is 4.10. The van der Waals surface area contributed by atoms with E-state index in [4.69, 9.17) is 11.6 Å². The average Bonchev–Trinajstić information content (AvgIpc) is 3.04. The Morgan fingerprint density at radius 3 is 2.89 bits per heavy atom. The zero-order chi connectivity index (χ0) is 19.7. The van der Waals surface area contributed by atoms with E-state index >= 15 is 0 Å². The van der Waals surface area contributed by atoms with Crippen LogP contribution in [-0.2, 0) is 13.1 Å². The topological polar surface area (TPSA) is 76.1 Å². The Hall–Kier alpha value is -2.24. The maximum absolute atomic E-state index is 12.0. The minimum Gasteiger partial charge on any atom is -0.630 e. The number of benzene rings is 1. The van der Waals surface area contributed by atoms with E-state index in [0.717, 1.165) is 24.1 Å². The highest BCUT2D eigenvalue weighted by atomic mass is 35.5. The van der Waals surface area contributed by atoms with Gasteiger partial charge in [-0.1, -0.05) is 35.9 Å². The van der Waals surface area contributed by atoms with Crippen molar-refractivity contribution in [2.75, 3.05) is 24.3 Å². The van der Waals surface area contributed by atoms with Gasteiger partial charge in [0.1, 0.15) is 16.4 Å². The fraction of sp³-hybridized carbons (Fsp3) is 0.250. The van der Waals surface area contributed by atoms with Crippen molar-refractivity contribution in [2.45, 2.75) is 19.1 Å². The lowest BCUT2D eigenvalue weighted by Crippen LogP contribution is -2.28. The van der Waals surface area contributed by atoms with E-state index in [0.29, 0.717) is 16.8 Å². The fourth-order valence-electron chi connectivity index (χ4n) is 3.40. The molecule has 6 nitrogen and oxygen atoms in total. The first kappa shape index (κ1) is 19.1. The number of nitrogens with one attached hydrogen (secondary N) is 2. The molecule has 28 heavy (non-hydrogen) atoms. The summed E-state index contributed by atoms with van der Waals surface area (Å²) in [6.07, 6.45) is 9.16. The quantitative estimate of drug-likeness (QED) is 0.749. The van der Waals surface area contributed by atoms with Gasteiger partial charge >= 0.3 is 0 Å². The van der Waals surface area contributed by atoms with E-state index in [9.17, 15) is 4.89 Å². The summed E-state index contributed by atoms with van der Waals surface area (Å²) in [6.45, 7) is 3.61. The van der Waals surface area contributed by atoms with E-state index < -0.39 is 7.77 Å². The van der Waals surface area contributed by atoms with E-state index in [1.807, 2.05) is 30.4 Å². The van der Waals surface area contributed by atoms with E-state index in [2.05, 4.69) is 44.7 Å². The summed E-state index contributed by atoms with van der Waals surface area (Å²) in [5, 5.41) is 7.74. The average molecular weight is 414 g/mol.